The number of hydrogen-bond acceptors (Lipinski definition) is 4. The molecule has 6 heteroatoms. The Balaban J connectivity index is 1.11. The van der Waals surface area contributed by atoms with Crippen LogP contribution in [-0.4, -0.2) is 51.7 Å². The molecule has 0 radical (unpaired) electrons. The third-order valence-corrected chi connectivity index (χ3v) is 7.94. The molecule has 1 aliphatic heterocycles. The molecular weight excluding hydrogens is 460 g/mol. The molecule has 1 aromatic heterocycles. The molecule has 196 valence electrons. The van der Waals surface area contributed by atoms with Crippen molar-refractivity contribution in [2.24, 2.45) is 13.0 Å². The Morgan fingerprint density at radius 2 is 1.65 bits per heavy atom. The maximum Gasteiger partial charge on any atom is 0.230 e. The van der Waals surface area contributed by atoms with Crippen molar-refractivity contribution in [2.75, 3.05) is 20.1 Å². The summed E-state index contributed by atoms with van der Waals surface area (Å²) in [6.45, 7) is 3.29. The van der Waals surface area contributed by atoms with Crippen LogP contribution in [0.15, 0.2) is 67.0 Å². The number of benzene rings is 2. The summed E-state index contributed by atoms with van der Waals surface area (Å²) in [5.41, 5.74) is 3.66. The van der Waals surface area contributed by atoms with Gasteiger partial charge in [0.05, 0.1) is 12.1 Å². The molecular formula is C31H40N4O2. The van der Waals surface area contributed by atoms with Gasteiger partial charge in [0, 0.05) is 57.8 Å². The van der Waals surface area contributed by atoms with Crippen LogP contribution >= 0.6 is 0 Å². The van der Waals surface area contributed by atoms with Crippen LogP contribution in [0.2, 0.25) is 0 Å². The van der Waals surface area contributed by atoms with Gasteiger partial charge in [0.25, 0.3) is 0 Å². The van der Waals surface area contributed by atoms with E-state index in [0.717, 1.165) is 44.8 Å². The number of amides is 1. The summed E-state index contributed by atoms with van der Waals surface area (Å²) in [5, 5.41) is 4.25. The number of likely N-dealkylation sites (tertiary alicyclic amines) is 1. The van der Waals surface area contributed by atoms with E-state index in [1.54, 1.807) is 0 Å². The molecule has 1 atom stereocenters. The highest BCUT2D eigenvalue weighted by Crippen LogP contribution is 2.39. The second kappa shape index (κ2) is 12.0. The Labute approximate surface area is 221 Å². The van der Waals surface area contributed by atoms with Crippen LogP contribution < -0.4 is 4.74 Å². The van der Waals surface area contributed by atoms with Crippen LogP contribution in [0, 0.1) is 5.92 Å². The lowest BCUT2D eigenvalue weighted by Gasteiger charge is -2.36. The molecule has 1 saturated carbocycles. The van der Waals surface area contributed by atoms with E-state index < -0.39 is 0 Å². The van der Waals surface area contributed by atoms with E-state index in [0.29, 0.717) is 11.8 Å². The Morgan fingerprint density at radius 1 is 0.973 bits per heavy atom. The Morgan fingerprint density at radius 3 is 2.30 bits per heavy atom. The Bertz CT molecular complexity index is 1130. The average Bonchev–Trinajstić information content (AvgIpc) is 3.58. The summed E-state index contributed by atoms with van der Waals surface area (Å²) in [6, 6.07) is 18.9. The van der Waals surface area contributed by atoms with Crippen molar-refractivity contribution in [1.82, 2.24) is 19.6 Å². The molecule has 0 spiro atoms. The fourth-order valence-electron chi connectivity index (χ4n) is 6.06. The minimum absolute atomic E-state index is 0.00463. The lowest BCUT2D eigenvalue weighted by molar-refractivity contribution is -0.136. The fraction of sp³-hybridized carbons (Fsp3) is 0.484. The quantitative estimate of drug-likeness (QED) is 0.395. The molecule has 2 aliphatic rings. The average molecular weight is 501 g/mol. The largest absolute Gasteiger partial charge is 0.490 e. The van der Waals surface area contributed by atoms with E-state index in [1.807, 2.05) is 24.0 Å². The molecule has 2 aromatic carbocycles. The van der Waals surface area contributed by atoms with Crippen molar-refractivity contribution in [3.8, 4) is 5.75 Å². The highest BCUT2D eigenvalue weighted by atomic mass is 16.5. The van der Waals surface area contributed by atoms with Gasteiger partial charge in [-0.2, -0.15) is 5.10 Å². The van der Waals surface area contributed by atoms with Crippen LogP contribution in [0.4, 0.5) is 0 Å². The predicted octanol–water partition coefficient (Wildman–Crippen LogP) is 5.40. The van der Waals surface area contributed by atoms with E-state index in [4.69, 9.17) is 4.74 Å². The van der Waals surface area contributed by atoms with Crippen LogP contribution in [-0.2, 0) is 24.9 Å². The number of aromatic nitrogens is 2. The molecule has 37 heavy (non-hydrogen) atoms. The number of carbonyl (C=O) groups is 1. The highest BCUT2D eigenvalue weighted by molar-refractivity contribution is 5.84. The smallest absolute Gasteiger partial charge is 0.230 e. The molecule has 0 unspecified atom stereocenters. The second-order valence-electron chi connectivity index (χ2n) is 10.9. The molecule has 5 rings (SSSR count). The molecule has 3 aromatic rings. The standard InChI is InChI=1S/C31H40N4O2/c1-33(22-25-20-32-34(2)23-25)21-24-12-14-28(15-13-24)37-29-16-18-35(19-17-29)31(36)30(27-10-6-7-11-27)26-8-4-3-5-9-26/h3-5,8-9,12-15,20,23,27,29-30H,6-7,10-11,16-19,21-22H2,1-2H3/t30-/m0/s1. The monoisotopic (exact) mass is 500 g/mol. The SMILES string of the molecule is CN(Cc1ccc(OC2CCN(C(=O)[C@@H](c3ccccc3)C3CCCC3)CC2)cc1)Cc1cnn(C)c1. The Hall–Kier alpha value is -3.12. The van der Waals surface area contributed by atoms with Crippen LogP contribution in [0.25, 0.3) is 0 Å². The number of carbonyl (C=O) groups excluding carboxylic acids is 1. The number of ether oxygens (including phenoxy) is 1. The number of nitrogens with zero attached hydrogens (tertiary/aromatic N) is 4. The summed E-state index contributed by atoms with van der Waals surface area (Å²) in [6.07, 6.45) is 10.7. The maximum atomic E-state index is 13.7. The summed E-state index contributed by atoms with van der Waals surface area (Å²) < 4.78 is 8.16. The first-order chi connectivity index (χ1) is 18.0. The van der Waals surface area contributed by atoms with Crippen LogP contribution in [0.5, 0.6) is 5.75 Å². The lowest BCUT2D eigenvalue weighted by atomic mass is 9.83. The van der Waals surface area contributed by atoms with Gasteiger partial charge in [-0.25, -0.2) is 0 Å². The topological polar surface area (TPSA) is 50.6 Å². The molecule has 1 saturated heterocycles. The van der Waals surface area contributed by atoms with E-state index in [-0.39, 0.29) is 12.0 Å². The fourth-order valence-corrected chi connectivity index (χ4v) is 6.06. The minimum atomic E-state index is 0.00463. The van der Waals surface area contributed by atoms with Crippen molar-refractivity contribution >= 4 is 5.91 Å². The van der Waals surface area contributed by atoms with Crippen molar-refractivity contribution in [3.63, 3.8) is 0 Å². The first kappa shape index (κ1) is 25.5. The van der Waals surface area contributed by atoms with Crippen molar-refractivity contribution in [2.45, 2.75) is 63.6 Å². The summed E-state index contributed by atoms with van der Waals surface area (Å²) in [5.74, 6) is 1.71. The van der Waals surface area contributed by atoms with Crippen molar-refractivity contribution in [1.29, 1.82) is 0 Å². The van der Waals surface area contributed by atoms with Gasteiger partial charge in [-0.1, -0.05) is 55.3 Å². The summed E-state index contributed by atoms with van der Waals surface area (Å²) in [4.78, 5) is 18.0. The first-order valence-electron chi connectivity index (χ1n) is 13.8. The van der Waals surface area contributed by atoms with E-state index in [2.05, 4.69) is 76.7 Å². The van der Waals surface area contributed by atoms with E-state index in [9.17, 15) is 4.79 Å². The molecule has 2 fully saturated rings. The predicted molar refractivity (Wildman–Crippen MR) is 146 cm³/mol. The van der Waals surface area contributed by atoms with Crippen molar-refractivity contribution < 1.29 is 9.53 Å². The number of piperidine rings is 1. The van der Waals surface area contributed by atoms with Gasteiger partial charge in [0.2, 0.25) is 5.91 Å². The van der Waals surface area contributed by atoms with Gasteiger partial charge in [-0.15, -0.1) is 0 Å². The third kappa shape index (κ3) is 6.61. The van der Waals surface area contributed by atoms with Gasteiger partial charge >= 0.3 is 0 Å². The maximum absolute atomic E-state index is 13.7. The highest BCUT2D eigenvalue weighted by Gasteiger charge is 2.36. The lowest BCUT2D eigenvalue weighted by Crippen LogP contribution is -2.44. The van der Waals surface area contributed by atoms with Crippen LogP contribution in [0.1, 0.15) is 61.1 Å². The zero-order valence-electron chi connectivity index (χ0n) is 22.3. The molecule has 1 amide bonds. The van der Waals surface area contributed by atoms with E-state index >= 15 is 0 Å². The molecule has 1 aliphatic carbocycles. The zero-order chi connectivity index (χ0) is 25.6. The minimum Gasteiger partial charge on any atom is -0.490 e. The molecule has 2 heterocycles. The zero-order valence-corrected chi connectivity index (χ0v) is 22.3. The van der Waals surface area contributed by atoms with Crippen LogP contribution in [0.3, 0.4) is 0 Å². The summed E-state index contributed by atoms with van der Waals surface area (Å²) in [7, 11) is 4.07. The van der Waals surface area contributed by atoms with Gasteiger partial charge in [-0.05, 0) is 49.1 Å². The molecule has 6 nitrogen and oxygen atoms in total. The molecule has 0 N–H and O–H groups in total. The van der Waals surface area contributed by atoms with Gasteiger partial charge in [-0.3, -0.25) is 14.4 Å². The Kier molecular flexibility index (Phi) is 8.24. The first-order valence-corrected chi connectivity index (χ1v) is 13.8. The third-order valence-electron chi connectivity index (χ3n) is 7.94. The van der Waals surface area contributed by atoms with E-state index in [1.165, 1.54) is 42.4 Å². The summed E-state index contributed by atoms with van der Waals surface area (Å²) >= 11 is 0. The second-order valence-corrected chi connectivity index (χ2v) is 10.9. The normalized spacial score (nSPS) is 17.9. The van der Waals surface area contributed by atoms with Gasteiger partial charge in [0.1, 0.15) is 11.9 Å². The van der Waals surface area contributed by atoms with Crippen molar-refractivity contribution in [3.05, 3.63) is 83.7 Å². The van der Waals surface area contributed by atoms with Gasteiger partial charge < -0.3 is 9.64 Å². The number of aryl methyl sites for hydroxylation is 1. The number of hydrogen-bond donors (Lipinski definition) is 0. The van der Waals surface area contributed by atoms with Gasteiger partial charge in [0.15, 0.2) is 0 Å². The molecule has 0 bridgehead atoms. The number of rotatable bonds is 9.